The Bertz CT molecular complexity index is 593. The first-order chi connectivity index (χ1) is 10.0. The fraction of sp³-hybridized carbons (Fsp3) is 0.533. The summed E-state index contributed by atoms with van der Waals surface area (Å²) in [4.78, 5) is 0. The number of nitrogen functional groups attached to an aromatic ring is 1. The number of rotatable bonds is 6. The van der Waals surface area contributed by atoms with E-state index in [-0.39, 0.29) is 0 Å². The van der Waals surface area contributed by atoms with Crippen LogP contribution in [0, 0.1) is 11.8 Å². The van der Waals surface area contributed by atoms with E-state index in [0.29, 0.717) is 35.7 Å². The molecule has 0 aliphatic carbocycles. The first-order valence-corrected chi connectivity index (χ1v) is 7.32. The Morgan fingerprint density at radius 1 is 1.29 bits per heavy atom. The molecule has 114 valence electrons. The second-order valence-corrected chi connectivity index (χ2v) is 5.56. The molecule has 1 aromatic carbocycles. The Kier molecular flexibility index (Phi) is 4.77. The van der Waals surface area contributed by atoms with Gasteiger partial charge in [-0.15, -0.1) is 5.10 Å². The largest absolute Gasteiger partial charge is 0.493 e. The third-order valence-electron chi connectivity index (χ3n) is 3.71. The fourth-order valence-corrected chi connectivity index (χ4v) is 2.05. The molecule has 2 N–H and O–H groups in total. The van der Waals surface area contributed by atoms with E-state index in [9.17, 15) is 0 Å². The molecule has 21 heavy (non-hydrogen) atoms. The molecule has 1 aromatic heterocycles. The maximum Gasteiger partial charge on any atom is 0.187 e. The van der Waals surface area contributed by atoms with E-state index in [2.05, 4.69) is 36.3 Å². The number of tetrazole rings is 1. The average molecular weight is 289 g/mol. The van der Waals surface area contributed by atoms with Crippen LogP contribution in [-0.4, -0.2) is 26.8 Å². The highest BCUT2D eigenvalue weighted by atomic mass is 16.5. The molecule has 0 radical (unpaired) electrons. The summed E-state index contributed by atoms with van der Waals surface area (Å²) >= 11 is 0. The van der Waals surface area contributed by atoms with Crippen molar-refractivity contribution < 1.29 is 4.74 Å². The van der Waals surface area contributed by atoms with Gasteiger partial charge in [0.25, 0.3) is 0 Å². The van der Waals surface area contributed by atoms with Crippen LogP contribution in [0.25, 0.3) is 11.4 Å². The summed E-state index contributed by atoms with van der Waals surface area (Å²) in [5, 5.41) is 12.1. The summed E-state index contributed by atoms with van der Waals surface area (Å²) < 4.78 is 7.46. The number of benzene rings is 1. The van der Waals surface area contributed by atoms with Crippen LogP contribution in [0.5, 0.6) is 5.75 Å². The number of anilines is 1. The maximum absolute atomic E-state index is 6.11. The van der Waals surface area contributed by atoms with Crippen molar-refractivity contribution in [1.29, 1.82) is 0 Å². The second-order valence-electron chi connectivity index (χ2n) is 5.56. The molecule has 0 aliphatic rings. The Labute approximate surface area is 125 Å². The first kappa shape index (κ1) is 15.3. The monoisotopic (exact) mass is 289 g/mol. The van der Waals surface area contributed by atoms with Gasteiger partial charge in [-0.25, -0.2) is 4.68 Å². The second kappa shape index (κ2) is 6.56. The molecule has 1 unspecified atom stereocenters. The number of hydrogen-bond donors (Lipinski definition) is 1. The zero-order valence-corrected chi connectivity index (χ0v) is 13.1. The summed E-state index contributed by atoms with van der Waals surface area (Å²) in [7, 11) is 0. The summed E-state index contributed by atoms with van der Waals surface area (Å²) in [5.74, 6) is 2.39. The van der Waals surface area contributed by atoms with Crippen molar-refractivity contribution in [3.8, 4) is 17.1 Å². The van der Waals surface area contributed by atoms with Gasteiger partial charge in [-0.05, 0) is 41.3 Å². The van der Waals surface area contributed by atoms with E-state index in [1.54, 1.807) is 4.68 Å². The van der Waals surface area contributed by atoms with Gasteiger partial charge in [0.1, 0.15) is 5.75 Å². The molecule has 0 saturated heterocycles. The molecule has 6 nitrogen and oxygen atoms in total. The van der Waals surface area contributed by atoms with Gasteiger partial charge in [0.05, 0.1) is 12.2 Å². The molecule has 2 rings (SSSR count). The van der Waals surface area contributed by atoms with Crippen LogP contribution in [0.4, 0.5) is 5.69 Å². The molecule has 1 heterocycles. The Morgan fingerprint density at radius 3 is 2.71 bits per heavy atom. The predicted molar refractivity (Wildman–Crippen MR) is 82.8 cm³/mol. The molecule has 0 saturated carbocycles. The topological polar surface area (TPSA) is 78.8 Å². The number of aromatic nitrogens is 4. The van der Waals surface area contributed by atoms with Crippen LogP contribution in [0.15, 0.2) is 18.2 Å². The number of hydrogen-bond acceptors (Lipinski definition) is 5. The highest BCUT2D eigenvalue weighted by molar-refractivity contribution is 5.77. The van der Waals surface area contributed by atoms with Gasteiger partial charge in [0, 0.05) is 12.2 Å². The normalized spacial score (nSPS) is 12.6. The van der Waals surface area contributed by atoms with Crippen molar-refractivity contribution in [3.63, 3.8) is 0 Å². The summed E-state index contributed by atoms with van der Waals surface area (Å²) in [6.45, 7) is 9.83. The highest BCUT2D eigenvalue weighted by Gasteiger charge is 2.19. The third-order valence-corrected chi connectivity index (χ3v) is 3.71. The van der Waals surface area contributed by atoms with E-state index < -0.39 is 0 Å². The highest BCUT2D eigenvalue weighted by Crippen LogP contribution is 2.34. The Balaban J connectivity index is 2.41. The number of nitrogens with two attached hydrogens (primary N) is 1. The zero-order valence-electron chi connectivity index (χ0n) is 13.1. The molecule has 1 atom stereocenters. The van der Waals surface area contributed by atoms with E-state index in [4.69, 9.17) is 10.5 Å². The lowest BCUT2D eigenvalue weighted by molar-refractivity contribution is 0.338. The van der Waals surface area contributed by atoms with Crippen LogP contribution in [0.2, 0.25) is 0 Å². The SMILES string of the molecule is CCOc1cccc(N)c1-c1nnnn1CC(C)C(C)C. The van der Waals surface area contributed by atoms with Crippen molar-refractivity contribution in [3.05, 3.63) is 18.2 Å². The lowest BCUT2D eigenvalue weighted by Gasteiger charge is -2.17. The lowest BCUT2D eigenvalue weighted by atomic mass is 9.98. The van der Waals surface area contributed by atoms with Gasteiger partial charge in [0.2, 0.25) is 0 Å². The molecule has 0 aliphatic heterocycles. The van der Waals surface area contributed by atoms with Gasteiger partial charge in [-0.3, -0.25) is 0 Å². The quantitative estimate of drug-likeness (QED) is 0.827. The smallest absolute Gasteiger partial charge is 0.187 e. The van der Waals surface area contributed by atoms with Crippen molar-refractivity contribution in [1.82, 2.24) is 20.2 Å². The minimum Gasteiger partial charge on any atom is -0.493 e. The first-order valence-electron chi connectivity index (χ1n) is 7.32. The maximum atomic E-state index is 6.11. The van der Waals surface area contributed by atoms with Crippen molar-refractivity contribution in [2.75, 3.05) is 12.3 Å². The lowest BCUT2D eigenvalue weighted by Crippen LogP contribution is -2.15. The van der Waals surface area contributed by atoms with Crippen molar-refractivity contribution in [2.24, 2.45) is 11.8 Å². The van der Waals surface area contributed by atoms with Gasteiger partial charge < -0.3 is 10.5 Å². The van der Waals surface area contributed by atoms with E-state index in [0.717, 1.165) is 12.1 Å². The van der Waals surface area contributed by atoms with Crippen LogP contribution in [0.3, 0.4) is 0 Å². The molecule has 0 spiro atoms. The minimum atomic E-state index is 0.465. The van der Waals surface area contributed by atoms with Crippen molar-refractivity contribution >= 4 is 5.69 Å². The predicted octanol–water partition coefficient (Wildman–Crippen LogP) is 2.61. The summed E-state index contributed by atoms with van der Waals surface area (Å²) in [6.07, 6.45) is 0. The molecule has 0 bridgehead atoms. The molecule has 6 heteroatoms. The van der Waals surface area contributed by atoms with Crippen LogP contribution >= 0.6 is 0 Å². The van der Waals surface area contributed by atoms with Gasteiger partial charge in [-0.1, -0.05) is 26.8 Å². The summed E-state index contributed by atoms with van der Waals surface area (Å²) in [5.41, 5.74) is 7.50. The molecule has 0 amide bonds. The average Bonchev–Trinajstić information content (AvgIpc) is 2.87. The molecular weight excluding hydrogens is 266 g/mol. The van der Waals surface area contributed by atoms with E-state index >= 15 is 0 Å². The molecule has 0 fully saturated rings. The Hall–Kier alpha value is -2.11. The zero-order chi connectivity index (χ0) is 15.4. The Morgan fingerprint density at radius 2 is 2.05 bits per heavy atom. The van der Waals surface area contributed by atoms with Gasteiger partial charge >= 0.3 is 0 Å². The number of nitrogens with zero attached hydrogens (tertiary/aromatic N) is 4. The van der Waals surface area contributed by atoms with Crippen molar-refractivity contribution in [2.45, 2.75) is 34.2 Å². The van der Waals surface area contributed by atoms with E-state index in [1.165, 1.54) is 0 Å². The van der Waals surface area contributed by atoms with Gasteiger partial charge in [-0.2, -0.15) is 0 Å². The summed E-state index contributed by atoms with van der Waals surface area (Å²) in [6, 6.07) is 5.59. The van der Waals surface area contributed by atoms with Gasteiger partial charge in [0.15, 0.2) is 5.82 Å². The van der Waals surface area contributed by atoms with E-state index in [1.807, 2.05) is 25.1 Å². The van der Waals surface area contributed by atoms with Crippen LogP contribution < -0.4 is 10.5 Å². The fourth-order valence-electron chi connectivity index (χ4n) is 2.05. The minimum absolute atomic E-state index is 0.465. The van der Waals surface area contributed by atoms with Crippen LogP contribution in [-0.2, 0) is 6.54 Å². The van der Waals surface area contributed by atoms with Crippen LogP contribution in [0.1, 0.15) is 27.7 Å². The number of ether oxygens (including phenoxy) is 1. The third kappa shape index (κ3) is 3.32. The molecular formula is C15H23N5O. The standard InChI is InChI=1S/C15H23N5O/c1-5-21-13-8-6-7-12(16)14(13)15-17-18-19-20(15)9-11(4)10(2)3/h6-8,10-11H,5,9,16H2,1-4H3. The molecule has 2 aromatic rings.